The van der Waals surface area contributed by atoms with Gasteiger partial charge in [0.1, 0.15) is 10.8 Å². The van der Waals surface area contributed by atoms with Crippen LogP contribution in [0.25, 0.3) is 23.2 Å². The molecule has 166 valence electrons. The summed E-state index contributed by atoms with van der Waals surface area (Å²) >= 11 is 1.53. The molecule has 0 saturated heterocycles. The Morgan fingerprint density at radius 2 is 1.94 bits per heavy atom. The molecule has 2 heterocycles. The second-order valence-electron chi connectivity index (χ2n) is 8.77. The topological polar surface area (TPSA) is 103 Å². The van der Waals surface area contributed by atoms with Crippen molar-refractivity contribution < 1.29 is 10.2 Å². The van der Waals surface area contributed by atoms with Crippen molar-refractivity contribution in [2.75, 3.05) is 30.4 Å². The predicted octanol–water partition coefficient (Wildman–Crippen LogP) is 2.04. The van der Waals surface area contributed by atoms with Crippen LogP contribution in [-0.4, -0.2) is 51.0 Å². The number of aliphatic hydroxyl groups is 2. The highest BCUT2D eigenvalue weighted by atomic mass is 32.1. The van der Waals surface area contributed by atoms with Gasteiger partial charge in [0.25, 0.3) is 0 Å². The van der Waals surface area contributed by atoms with E-state index in [-0.39, 0.29) is 19.3 Å². The van der Waals surface area contributed by atoms with Gasteiger partial charge in [-0.1, -0.05) is 18.7 Å². The first-order valence-electron chi connectivity index (χ1n) is 10.9. The fourth-order valence-electron chi connectivity index (χ4n) is 3.95. The van der Waals surface area contributed by atoms with Crippen molar-refractivity contribution in [3.05, 3.63) is 27.7 Å². The number of anilines is 2. The van der Waals surface area contributed by atoms with Crippen LogP contribution in [0.3, 0.4) is 0 Å². The lowest BCUT2D eigenvalue weighted by Crippen LogP contribution is -2.49. The van der Waals surface area contributed by atoms with Gasteiger partial charge in [0, 0.05) is 22.5 Å². The van der Waals surface area contributed by atoms with E-state index in [4.69, 9.17) is 15.0 Å². The summed E-state index contributed by atoms with van der Waals surface area (Å²) in [6, 6.07) is 0.136. The third kappa shape index (κ3) is 4.81. The molecule has 0 spiro atoms. The number of hydrogen-bond donors (Lipinski definition) is 4. The molecule has 2 aliphatic carbocycles. The Morgan fingerprint density at radius 1 is 1.19 bits per heavy atom. The van der Waals surface area contributed by atoms with E-state index in [1.54, 1.807) is 0 Å². The van der Waals surface area contributed by atoms with Crippen LogP contribution in [0.2, 0.25) is 0 Å². The number of hydrogen-bond acceptors (Lipinski definition) is 8. The monoisotopic (exact) mass is 441 g/mol. The van der Waals surface area contributed by atoms with Crippen molar-refractivity contribution in [3.63, 3.8) is 0 Å². The molecule has 4 N–H and O–H groups in total. The molecular formula is C23H31N5O2S. The molecule has 2 fully saturated rings. The summed E-state index contributed by atoms with van der Waals surface area (Å²) in [5.41, 5.74) is 1.35. The zero-order valence-corrected chi connectivity index (χ0v) is 19.0. The van der Waals surface area contributed by atoms with Crippen molar-refractivity contribution in [1.29, 1.82) is 0 Å². The van der Waals surface area contributed by atoms with Crippen LogP contribution in [-0.2, 0) is 0 Å². The van der Waals surface area contributed by atoms with Gasteiger partial charge in [-0.25, -0.2) is 9.97 Å². The zero-order valence-electron chi connectivity index (χ0n) is 18.2. The van der Waals surface area contributed by atoms with Crippen molar-refractivity contribution in [2.24, 2.45) is 11.3 Å². The van der Waals surface area contributed by atoms with Crippen molar-refractivity contribution in [3.8, 4) is 10.6 Å². The minimum atomic E-state index is -0.400. The number of aliphatic hydroxyl groups excluding tert-OH is 2. The predicted molar refractivity (Wildman–Crippen MR) is 126 cm³/mol. The maximum Gasteiger partial charge on any atom is 0.224 e. The summed E-state index contributed by atoms with van der Waals surface area (Å²) in [7, 11) is 0. The maximum absolute atomic E-state index is 9.63. The first-order chi connectivity index (χ1) is 15.0. The smallest absolute Gasteiger partial charge is 0.224 e. The molecule has 0 atom stereocenters. The lowest BCUT2D eigenvalue weighted by atomic mass is 9.66. The van der Waals surface area contributed by atoms with E-state index in [0.717, 1.165) is 44.4 Å². The first kappa shape index (κ1) is 21.9. The standard InChI is InChI=1S/C23H31N5O2S/c1-4-5-6-18-15(3)31-21(27-18)19-14(2)25-22(24-11-16-7-8-16)28-20(19)26-17-9-23(10-17,12-29)13-30/h4-6,16-17,29-30H,3,7-13H2,1-2H3,(H2,24,25,26,28). The molecule has 0 radical (unpaired) electrons. The first-order valence-corrected chi connectivity index (χ1v) is 11.7. The van der Waals surface area contributed by atoms with Gasteiger partial charge in [-0.3, -0.25) is 0 Å². The maximum atomic E-state index is 9.63. The van der Waals surface area contributed by atoms with Crippen molar-refractivity contribution in [2.45, 2.75) is 45.6 Å². The third-order valence-corrected chi connectivity index (χ3v) is 7.04. The van der Waals surface area contributed by atoms with E-state index in [0.29, 0.717) is 18.8 Å². The lowest BCUT2D eigenvalue weighted by molar-refractivity contribution is -0.0172. The summed E-state index contributed by atoms with van der Waals surface area (Å²) < 4.78 is 0.901. The second-order valence-corrected chi connectivity index (χ2v) is 9.85. The minimum absolute atomic E-state index is 0.00693. The van der Waals surface area contributed by atoms with Gasteiger partial charge < -0.3 is 20.8 Å². The average Bonchev–Trinajstić information content (AvgIpc) is 3.49. The number of nitrogens with zero attached hydrogens (tertiary/aromatic N) is 3. The highest BCUT2D eigenvalue weighted by Crippen LogP contribution is 2.43. The minimum Gasteiger partial charge on any atom is -0.396 e. The summed E-state index contributed by atoms with van der Waals surface area (Å²) in [6.45, 7) is 8.97. The number of nitrogens with one attached hydrogen (secondary N) is 2. The molecule has 0 aliphatic heterocycles. The Hall–Kier alpha value is -2.29. The van der Waals surface area contributed by atoms with Crippen molar-refractivity contribution >= 4 is 35.8 Å². The molecule has 0 unspecified atom stereocenters. The average molecular weight is 442 g/mol. The Morgan fingerprint density at radius 3 is 2.58 bits per heavy atom. The number of aromatic nitrogens is 3. The normalized spacial score (nSPS) is 19.0. The summed E-state index contributed by atoms with van der Waals surface area (Å²) in [5.74, 6) is 2.09. The van der Waals surface area contributed by atoms with Gasteiger partial charge in [0.15, 0.2) is 0 Å². The molecular weight excluding hydrogens is 410 g/mol. The van der Waals surface area contributed by atoms with Crippen LogP contribution in [0, 0.1) is 18.3 Å². The lowest BCUT2D eigenvalue weighted by Gasteiger charge is -2.46. The van der Waals surface area contributed by atoms with Gasteiger partial charge in [-0.2, -0.15) is 4.98 Å². The summed E-state index contributed by atoms with van der Waals surface area (Å²) in [4.78, 5) is 14.3. The largest absolute Gasteiger partial charge is 0.396 e. The fourth-order valence-corrected chi connectivity index (χ4v) is 4.89. The van der Waals surface area contributed by atoms with Gasteiger partial charge in [-0.15, -0.1) is 11.3 Å². The van der Waals surface area contributed by atoms with Crippen LogP contribution in [0.5, 0.6) is 0 Å². The zero-order chi connectivity index (χ0) is 22.0. The number of aryl methyl sites for hydroxylation is 1. The Labute approximate surface area is 186 Å². The van der Waals surface area contributed by atoms with Crippen LogP contribution < -0.4 is 20.5 Å². The van der Waals surface area contributed by atoms with E-state index in [9.17, 15) is 10.2 Å². The molecule has 31 heavy (non-hydrogen) atoms. The highest BCUT2D eigenvalue weighted by Gasteiger charge is 2.44. The van der Waals surface area contributed by atoms with E-state index >= 15 is 0 Å². The van der Waals surface area contributed by atoms with Crippen molar-refractivity contribution in [1.82, 2.24) is 15.0 Å². The van der Waals surface area contributed by atoms with E-state index in [1.807, 2.05) is 32.1 Å². The quantitative estimate of drug-likeness (QED) is 0.472. The molecule has 7 nitrogen and oxygen atoms in total. The number of thiazole rings is 1. The molecule has 4 rings (SSSR count). The molecule has 2 aromatic rings. The molecule has 0 amide bonds. The Bertz CT molecular complexity index is 1060. The van der Waals surface area contributed by atoms with Gasteiger partial charge in [-0.05, 0) is 51.5 Å². The second kappa shape index (κ2) is 9.06. The van der Waals surface area contributed by atoms with Crippen LogP contribution in [0.1, 0.15) is 38.3 Å². The third-order valence-electron chi connectivity index (χ3n) is 6.09. The van der Waals surface area contributed by atoms with Gasteiger partial charge in [0.2, 0.25) is 5.95 Å². The molecule has 2 aliphatic rings. The number of allylic oxidation sites excluding steroid dienone is 2. The molecule has 2 aromatic heterocycles. The SMILES string of the molecule is C=c1sc(-c2c(C)nc(NCC3CC3)nc2NC2CC(CO)(CO)C2)nc1=CC=CC. The van der Waals surface area contributed by atoms with E-state index in [2.05, 4.69) is 17.2 Å². The fraction of sp³-hybridized carbons (Fsp3) is 0.522. The molecule has 0 aromatic carbocycles. The summed E-state index contributed by atoms with van der Waals surface area (Å²) in [6.07, 6.45) is 9.80. The number of rotatable bonds is 9. The Balaban J connectivity index is 1.67. The van der Waals surface area contributed by atoms with Crippen LogP contribution in [0.15, 0.2) is 12.2 Å². The van der Waals surface area contributed by atoms with Crippen LogP contribution >= 0.6 is 11.3 Å². The van der Waals surface area contributed by atoms with E-state index in [1.165, 1.54) is 24.2 Å². The molecule has 8 heteroatoms. The Kier molecular flexibility index (Phi) is 6.41. The highest BCUT2D eigenvalue weighted by molar-refractivity contribution is 7.13. The van der Waals surface area contributed by atoms with E-state index < -0.39 is 5.41 Å². The molecule has 0 bridgehead atoms. The van der Waals surface area contributed by atoms with Crippen LogP contribution in [0.4, 0.5) is 11.8 Å². The van der Waals surface area contributed by atoms with Gasteiger partial charge >= 0.3 is 0 Å². The molecule has 2 saturated carbocycles. The van der Waals surface area contributed by atoms with Gasteiger partial charge in [0.05, 0.1) is 29.8 Å². The summed E-state index contributed by atoms with van der Waals surface area (Å²) in [5, 5.41) is 27.8.